The van der Waals surface area contributed by atoms with Crippen LogP contribution in [0.1, 0.15) is 13.8 Å². The van der Waals surface area contributed by atoms with Crippen molar-refractivity contribution in [1.29, 1.82) is 0 Å². The molecule has 0 aliphatic rings. The Morgan fingerprint density at radius 2 is 2.31 bits per heavy atom. The SMILES string of the molecule is CC(C)OCCNc1nnnn1C. The summed E-state index contributed by atoms with van der Waals surface area (Å²) in [4.78, 5) is 0. The van der Waals surface area contributed by atoms with Gasteiger partial charge in [-0.25, -0.2) is 4.68 Å². The molecule has 6 heteroatoms. The lowest BCUT2D eigenvalue weighted by atomic mass is 10.5. The Hall–Kier alpha value is -1.17. The molecule has 1 heterocycles. The van der Waals surface area contributed by atoms with E-state index in [1.165, 1.54) is 0 Å². The standard InChI is InChI=1S/C7H15N5O/c1-6(2)13-5-4-8-7-9-10-11-12(7)3/h6H,4-5H2,1-3H3,(H,8,9,11). The van der Waals surface area contributed by atoms with E-state index in [0.29, 0.717) is 19.1 Å². The van der Waals surface area contributed by atoms with E-state index in [2.05, 4.69) is 20.8 Å². The van der Waals surface area contributed by atoms with Crippen molar-refractivity contribution in [2.45, 2.75) is 20.0 Å². The van der Waals surface area contributed by atoms with Gasteiger partial charge in [0, 0.05) is 13.6 Å². The lowest BCUT2D eigenvalue weighted by molar-refractivity contribution is 0.0869. The summed E-state index contributed by atoms with van der Waals surface area (Å²) in [6.07, 6.45) is 0.263. The van der Waals surface area contributed by atoms with Crippen molar-refractivity contribution in [2.24, 2.45) is 7.05 Å². The highest BCUT2D eigenvalue weighted by molar-refractivity contribution is 5.20. The molecule has 0 fully saturated rings. The van der Waals surface area contributed by atoms with E-state index in [0.717, 1.165) is 0 Å². The predicted molar refractivity (Wildman–Crippen MR) is 48.4 cm³/mol. The maximum absolute atomic E-state index is 5.34. The third-order valence-electron chi connectivity index (χ3n) is 1.46. The highest BCUT2D eigenvalue weighted by Gasteiger charge is 1.99. The molecular weight excluding hydrogens is 170 g/mol. The highest BCUT2D eigenvalue weighted by Crippen LogP contribution is 1.94. The highest BCUT2D eigenvalue weighted by atomic mass is 16.5. The second-order valence-electron chi connectivity index (χ2n) is 2.97. The van der Waals surface area contributed by atoms with Crippen molar-refractivity contribution in [3.8, 4) is 0 Å². The Bertz CT molecular complexity index is 247. The Labute approximate surface area is 77.3 Å². The fourth-order valence-electron chi connectivity index (χ4n) is 0.837. The van der Waals surface area contributed by atoms with Crippen LogP contribution in [0.25, 0.3) is 0 Å². The molecule has 6 nitrogen and oxygen atoms in total. The van der Waals surface area contributed by atoms with E-state index >= 15 is 0 Å². The first-order chi connectivity index (χ1) is 6.20. The number of nitrogens with one attached hydrogen (secondary N) is 1. The number of rotatable bonds is 5. The predicted octanol–water partition coefficient (Wildman–Crippen LogP) is 0.0470. The zero-order chi connectivity index (χ0) is 9.68. The zero-order valence-corrected chi connectivity index (χ0v) is 8.19. The Balaban J connectivity index is 2.17. The van der Waals surface area contributed by atoms with Crippen LogP contribution >= 0.6 is 0 Å². The van der Waals surface area contributed by atoms with Crippen LogP contribution in [0.3, 0.4) is 0 Å². The van der Waals surface area contributed by atoms with Gasteiger partial charge in [-0.05, 0) is 24.3 Å². The molecule has 0 bridgehead atoms. The van der Waals surface area contributed by atoms with Gasteiger partial charge in [0.15, 0.2) is 0 Å². The van der Waals surface area contributed by atoms with Gasteiger partial charge in [0.1, 0.15) is 0 Å². The van der Waals surface area contributed by atoms with Crippen LogP contribution in [0.2, 0.25) is 0 Å². The summed E-state index contributed by atoms with van der Waals surface area (Å²) >= 11 is 0. The van der Waals surface area contributed by atoms with Gasteiger partial charge in [0.05, 0.1) is 12.7 Å². The van der Waals surface area contributed by atoms with E-state index in [1.54, 1.807) is 11.7 Å². The molecule has 74 valence electrons. The quantitative estimate of drug-likeness (QED) is 0.656. The van der Waals surface area contributed by atoms with Gasteiger partial charge in [-0.2, -0.15) is 0 Å². The molecule has 1 aromatic rings. The first kappa shape index (κ1) is 9.91. The van der Waals surface area contributed by atoms with E-state index in [9.17, 15) is 0 Å². The molecule has 0 aliphatic carbocycles. The van der Waals surface area contributed by atoms with Gasteiger partial charge in [0.2, 0.25) is 5.95 Å². The van der Waals surface area contributed by atoms with Crippen molar-refractivity contribution in [2.75, 3.05) is 18.5 Å². The van der Waals surface area contributed by atoms with E-state index in [1.807, 2.05) is 13.8 Å². The Morgan fingerprint density at radius 3 is 2.85 bits per heavy atom. The molecular formula is C7H15N5O. The molecule has 1 N–H and O–H groups in total. The minimum absolute atomic E-state index is 0.263. The number of hydrogen-bond donors (Lipinski definition) is 1. The van der Waals surface area contributed by atoms with Crippen molar-refractivity contribution in [1.82, 2.24) is 20.2 Å². The normalized spacial score (nSPS) is 10.8. The monoisotopic (exact) mass is 185 g/mol. The number of ether oxygens (including phenoxy) is 1. The molecule has 0 radical (unpaired) electrons. The van der Waals surface area contributed by atoms with Crippen molar-refractivity contribution < 1.29 is 4.74 Å². The summed E-state index contributed by atoms with van der Waals surface area (Å²) in [5, 5.41) is 14.0. The van der Waals surface area contributed by atoms with E-state index in [-0.39, 0.29) is 6.10 Å². The number of aromatic nitrogens is 4. The molecule has 0 atom stereocenters. The van der Waals surface area contributed by atoms with Crippen LogP contribution in [0.4, 0.5) is 5.95 Å². The largest absolute Gasteiger partial charge is 0.377 e. The molecule has 1 rings (SSSR count). The zero-order valence-electron chi connectivity index (χ0n) is 8.19. The minimum Gasteiger partial charge on any atom is -0.377 e. The van der Waals surface area contributed by atoms with Crippen molar-refractivity contribution >= 4 is 5.95 Å². The van der Waals surface area contributed by atoms with Crippen LogP contribution in [-0.2, 0) is 11.8 Å². The average molecular weight is 185 g/mol. The molecule has 1 aromatic heterocycles. The molecule has 0 saturated heterocycles. The average Bonchev–Trinajstić information content (AvgIpc) is 2.45. The van der Waals surface area contributed by atoms with Gasteiger partial charge < -0.3 is 10.1 Å². The van der Waals surface area contributed by atoms with Gasteiger partial charge in [-0.15, -0.1) is 0 Å². The minimum atomic E-state index is 0.263. The van der Waals surface area contributed by atoms with Crippen LogP contribution < -0.4 is 5.32 Å². The molecule has 0 amide bonds. The third kappa shape index (κ3) is 3.37. The van der Waals surface area contributed by atoms with Crippen LogP contribution in [0, 0.1) is 0 Å². The fraction of sp³-hybridized carbons (Fsp3) is 0.857. The number of hydrogen-bond acceptors (Lipinski definition) is 5. The lowest BCUT2D eigenvalue weighted by Crippen LogP contribution is -2.15. The van der Waals surface area contributed by atoms with Gasteiger partial charge in [0.25, 0.3) is 0 Å². The second-order valence-corrected chi connectivity index (χ2v) is 2.97. The number of nitrogens with zero attached hydrogens (tertiary/aromatic N) is 4. The van der Waals surface area contributed by atoms with Crippen LogP contribution in [-0.4, -0.2) is 39.5 Å². The number of anilines is 1. The summed E-state index contributed by atoms with van der Waals surface area (Å²) in [7, 11) is 1.78. The smallest absolute Gasteiger partial charge is 0.242 e. The summed E-state index contributed by atoms with van der Waals surface area (Å²) in [6, 6.07) is 0. The molecule has 13 heavy (non-hydrogen) atoms. The summed E-state index contributed by atoms with van der Waals surface area (Å²) in [5.41, 5.74) is 0. The van der Waals surface area contributed by atoms with Crippen LogP contribution in [0.15, 0.2) is 0 Å². The van der Waals surface area contributed by atoms with E-state index < -0.39 is 0 Å². The molecule has 0 aromatic carbocycles. The van der Waals surface area contributed by atoms with Gasteiger partial charge in [-0.1, -0.05) is 5.10 Å². The maximum atomic E-state index is 5.34. The first-order valence-corrected chi connectivity index (χ1v) is 4.28. The lowest BCUT2D eigenvalue weighted by Gasteiger charge is -2.07. The number of tetrazole rings is 1. The Kier molecular flexibility index (Phi) is 3.63. The number of aryl methyl sites for hydroxylation is 1. The second kappa shape index (κ2) is 4.76. The first-order valence-electron chi connectivity index (χ1n) is 4.28. The molecule has 0 saturated carbocycles. The van der Waals surface area contributed by atoms with Gasteiger partial charge in [-0.3, -0.25) is 0 Å². The van der Waals surface area contributed by atoms with Crippen LogP contribution in [0.5, 0.6) is 0 Å². The Morgan fingerprint density at radius 1 is 1.54 bits per heavy atom. The van der Waals surface area contributed by atoms with Crippen molar-refractivity contribution in [3.05, 3.63) is 0 Å². The van der Waals surface area contributed by atoms with Crippen molar-refractivity contribution in [3.63, 3.8) is 0 Å². The maximum Gasteiger partial charge on any atom is 0.242 e. The summed E-state index contributed by atoms with van der Waals surface area (Å²) < 4.78 is 6.92. The fourth-order valence-corrected chi connectivity index (χ4v) is 0.837. The molecule has 0 spiro atoms. The van der Waals surface area contributed by atoms with E-state index in [4.69, 9.17) is 4.74 Å². The summed E-state index contributed by atoms with van der Waals surface area (Å²) in [5.74, 6) is 0.660. The summed E-state index contributed by atoms with van der Waals surface area (Å²) in [6.45, 7) is 5.38. The molecule has 0 aliphatic heterocycles. The van der Waals surface area contributed by atoms with Gasteiger partial charge >= 0.3 is 0 Å². The molecule has 0 unspecified atom stereocenters. The third-order valence-corrected chi connectivity index (χ3v) is 1.46. The topological polar surface area (TPSA) is 64.9 Å².